The number of hydrogen-bond acceptors (Lipinski definition) is 8. The molecule has 1 aliphatic rings. The van der Waals surface area contributed by atoms with Gasteiger partial charge in [-0.1, -0.05) is 20.3 Å². The van der Waals surface area contributed by atoms with Crippen molar-refractivity contribution < 1.29 is 23.7 Å². The molecule has 13 heteroatoms. The molecule has 0 saturated carbocycles. The fraction of sp³-hybridized carbons (Fsp3) is 0.519. The Labute approximate surface area is 234 Å². The molecule has 1 atom stereocenters. The zero-order valence-electron chi connectivity index (χ0n) is 23.0. The van der Waals surface area contributed by atoms with Gasteiger partial charge in [-0.15, -0.1) is 10.1 Å². The standard InChI is InChI=1S/C27H35N5O7S/c1-4-6-20-22(17-33)30(3)25-24(20)28-26(29-27(25)34)21-16-19(7-8-23(21)38-14-5-2)40(37)31-12-9-18(10-13-31)11-15-39-32(35)36/h7-8,16-18H,4-6,9-15H2,1-3H3,(H,28,29,34). The average molecular weight is 574 g/mol. The second kappa shape index (κ2) is 13.2. The van der Waals surface area contributed by atoms with Crippen LogP contribution in [0.15, 0.2) is 27.9 Å². The van der Waals surface area contributed by atoms with E-state index in [1.165, 1.54) is 0 Å². The van der Waals surface area contributed by atoms with Crippen molar-refractivity contribution in [2.24, 2.45) is 13.0 Å². The number of rotatable bonds is 13. The minimum atomic E-state index is -1.47. The molecule has 0 bridgehead atoms. The number of piperidine rings is 1. The summed E-state index contributed by atoms with van der Waals surface area (Å²) in [7, 11) is 0.212. The molecule has 0 amide bonds. The highest BCUT2D eigenvalue weighted by Gasteiger charge is 2.26. The number of H-pyrrole nitrogens is 1. The molecule has 12 nitrogen and oxygen atoms in total. The predicted octanol–water partition coefficient (Wildman–Crippen LogP) is 3.82. The van der Waals surface area contributed by atoms with Crippen LogP contribution in [0.1, 0.15) is 62.0 Å². The third-order valence-electron chi connectivity index (χ3n) is 7.20. The van der Waals surface area contributed by atoms with Crippen LogP contribution in [-0.2, 0) is 29.3 Å². The molecule has 1 saturated heterocycles. The van der Waals surface area contributed by atoms with Gasteiger partial charge in [-0.25, -0.2) is 13.5 Å². The van der Waals surface area contributed by atoms with Crippen molar-refractivity contribution in [2.45, 2.75) is 57.3 Å². The van der Waals surface area contributed by atoms with Crippen molar-refractivity contribution in [3.8, 4) is 17.1 Å². The number of aldehydes is 1. The summed E-state index contributed by atoms with van der Waals surface area (Å²) in [5.74, 6) is 1.07. The van der Waals surface area contributed by atoms with Crippen LogP contribution >= 0.6 is 0 Å². The van der Waals surface area contributed by atoms with E-state index in [1.807, 2.05) is 18.2 Å². The number of aromatic amines is 1. The number of hydrogen-bond donors (Lipinski definition) is 1. The quantitative estimate of drug-likeness (QED) is 0.184. The summed E-state index contributed by atoms with van der Waals surface area (Å²) in [6, 6.07) is 5.25. The third kappa shape index (κ3) is 6.25. The highest BCUT2D eigenvalue weighted by atomic mass is 32.2. The topological polar surface area (TPSA) is 150 Å². The number of nitrogens with one attached hydrogen (secondary N) is 1. The molecule has 1 fully saturated rings. The number of aromatic nitrogens is 3. The van der Waals surface area contributed by atoms with E-state index in [-0.39, 0.29) is 23.9 Å². The van der Waals surface area contributed by atoms with Gasteiger partial charge in [0.15, 0.2) is 6.29 Å². The Hall–Kier alpha value is -3.58. The third-order valence-corrected chi connectivity index (χ3v) is 8.69. The zero-order valence-corrected chi connectivity index (χ0v) is 23.8. The van der Waals surface area contributed by atoms with E-state index < -0.39 is 16.1 Å². The predicted molar refractivity (Wildman–Crippen MR) is 150 cm³/mol. The van der Waals surface area contributed by atoms with Crippen LogP contribution in [0.25, 0.3) is 22.4 Å². The van der Waals surface area contributed by atoms with Crippen molar-refractivity contribution in [3.63, 3.8) is 0 Å². The van der Waals surface area contributed by atoms with E-state index in [0.29, 0.717) is 65.5 Å². The Balaban J connectivity index is 1.67. The molecule has 2 aromatic heterocycles. The summed E-state index contributed by atoms with van der Waals surface area (Å²) < 4.78 is 23.0. The summed E-state index contributed by atoms with van der Waals surface area (Å²) in [5.41, 5.74) is 2.10. The molecule has 1 aromatic carbocycles. The van der Waals surface area contributed by atoms with Gasteiger partial charge < -0.3 is 19.1 Å². The normalized spacial score (nSPS) is 15.3. The number of nitrogens with zero attached hydrogens (tertiary/aromatic N) is 4. The van der Waals surface area contributed by atoms with E-state index in [1.54, 1.807) is 29.8 Å². The Morgan fingerprint density at radius 1 is 1.23 bits per heavy atom. The summed E-state index contributed by atoms with van der Waals surface area (Å²) in [6.45, 7) is 5.68. The first kappa shape index (κ1) is 29.4. The Bertz CT molecular complexity index is 1460. The number of ether oxygens (including phenoxy) is 1. The number of fused-ring (bicyclic) bond motifs is 1. The van der Waals surface area contributed by atoms with E-state index in [9.17, 15) is 23.9 Å². The fourth-order valence-electron chi connectivity index (χ4n) is 5.15. The molecule has 1 aliphatic heterocycles. The molecule has 0 radical (unpaired) electrons. The van der Waals surface area contributed by atoms with E-state index in [0.717, 1.165) is 37.5 Å². The lowest BCUT2D eigenvalue weighted by molar-refractivity contribution is -0.758. The largest absolute Gasteiger partial charge is 0.493 e. The molecule has 0 spiro atoms. The molecule has 4 rings (SSSR count). The monoisotopic (exact) mass is 573 g/mol. The zero-order chi connectivity index (χ0) is 28.8. The van der Waals surface area contributed by atoms with Gasteiger partial charge in [0.05, 0.1) is 29.4 Å². The Kier molecular flexibility index (Phi) is 9.69. The first-order valence-electron chi connectivity index (χ1n) is 13.6. The second-order valence-corrected chi connectivity index (χ2v) is 11.4. The number of aryl methyl sites for hydroxylation is 2. The van der Waals surface area contributed by atoms with Crippen LogP contribution in [-0.4, -0.2) is 60.7 Å². The molecule has 40 heavy (non-hydrogen) atoms. The summed E-state index contributed by atoms with van der Waals surface area (Å²) in [5, 5.41) is 9.62. The summed E-state index contributed by atoms with van der Waals surface area (Å²) in [6.07, 6.45) is 5.01. The van der Waals surface area contributed by atoms with Crippen molar-refractivity contribution in [2.75, 3.05) is 26.3 Å². The van der Waals surface area contributed by atoms with Gasteiger partial charge in [-0.3, -0.25) is 9.59 Å². The van der Waals surface area contributed by atoms with E-state index in [2.05, 4.69) is 9.82 Å². The van der Waals surface area contributed by atoms with Crippen LogP contribution in [0.5, 0.6) is 5.75 Å². The van der Waals surface area contributed by atoms with E-state index >= 15 is 0 Å². The molecule has 3 heterocycles. The number of carbonyl (C=O) groups excluding carboxylic acids is 1. The van der Waals surface area contributed by atoms with Crippen LogP contribution in [0.3, 0.4) is 0 Å². The van der Waals surface area contributed by atoms with Crippen molar-refractivity contribution in [3.05, 3.63) is 49.9 Å². The maximum absolute atomic E-state index is 13.6. The molecule has 0 aliphatic carbocycles. The molecular formula is C27H35N5O7S. The van der Waals surface area contributed by atoms with Gasteiger partial charge >= 0.3 is 0 Å². The van der Waals surface area contributed by atoms with Crippen molar-refractivity contribution in [1.82, 2.24) is 18.8 Å². The lowest BCUT2D eigenvalue weighted by atomic mass is 9.95. The Morgan fingerprint density at radius 2 is 1.98 bits per heavy atom. The Morgan fingerprint density at radius 3 is 2.62 bits per heavy atom. The summed E-state index contributed by atoms with van der Waals surface area (Å²) >= 11 is 0. The van der Waals surface area contributed by atoms with Crippen LogP contribution in [0.2, 0.25) is 0 Å². The maximum atomic E-state index is 13.6. The lowest BCUT2D eigenvalue weighted by Gasteiger charge is -2.30. The van der Waals surface area contributed by atoms with Gasteiger partial charge in [0.25, 0.3) is 10.6 Å². The first-order chi connectivity index (χ1) is 19.3. The molecule has 3 aromatic rings. The summed E-state index contributed by atoms with van der Waals surface area (Å²) in [4.78, 5) is 48.1. The highest BCUT2D eigenvalue weighted by molar-refractivity contribution is 7.82. The molecule has 1 unspecified atom stereocenters. The van der Waals surface area contributed by atoms with Gasteiger partial charge in [0.2, 0.25) is 0 Å². The molecular weight excluding hydrogens is 538 g/mol. The van der Waals surface area contributed by atoms with Crippen LogP contribution in [0.4, 0.5) is 0 Å². The van der Waals surface area contributed by atoms with Crippen molar-refractivity contribution in [1.29, 1.82) is 0 Å². The first-order valence-corrected chi connectivity index (χ1v) is 14.7. The van der Waals surface area contributed by atoms with Crippen LogP contribution < -0.4 is 10.3 Å². The van der Waals surface area contributed by atoms with Crippen molar-refractivity contribution >= 4 is 28.3 Å². The lowest BCUT2D eigenvalue weighted by Crippen LogP contribution is -2.35. The minimum absolute atomic E-state index is 0.0641. The maximum Gasteiger partial charge on any atom is 0.294 e. The SMILES string of the molecule is CCCOc1ccc(S(=O)N2CCC(CCO[N+](=O)[O-])CC2)cc1-c1nc2c(CCC)c(C=O)n(C)c2c(=O)[nH]1. The van der Waals surface area contributed by atoms with Gasteiger partial charge in [-0.2, -0.15) is 0 Å². The smallest absolute Gasteiger partial charge is 0.294 e. The van der Waals surface area contributed by atoms with Crippen LogP contribution in [0, 0.1) is 16.0 Å². The van der Waals surface area contributed by atoms with Gasteiger partial charge in [0.1, 0.15) is 33.6 Å². The molecule has 216 valence electrons. The highest BCUT2D eigenvalue weighted by Crippen LogP contribution is 2.33. The van der Waals surface area contributed by atoms with Gasteiger partial charge in [-0.05, 0) is 56.2 Å². The minimum Gasteiger partial charge on any atom is -0.493 e. The number of benzene rings is 1. The molecule has 1 N–H and O–H groups in total. The van der Waals surface area contributed by atoms with E-state index in [4.69, 9.17) is 9.72 Å². The van der Waals surface area contributed by atoms with Gasteiger partial charge in [0, 0.05) is 25.7 Å². The fourth-order valence-corrected chi connectivity index (χ4v) is 6.40. The average Bonchev–Trinajstić information content (AvgIpc) is 3.22. The second-order valence-electron chi connectivity index (χ2n) is 9.88. The number of carbonyl (C=O) groups is 1.